The average molecular weight is 510 g/mol. The number of hydrogen-bond acceptors (Lipinski definition) is 6. The van der Waals surface area contributed by atoms with E-state index in [1.165, 1.54) is 36.9 Å². The molecule has 0 radical (unpaired) electrons. The zero-order valence-corrected chi connectivity index (χ0v) is 17.8. The van der Waals surface area contributed by atoms with E-state index >= 15 is 0 Å². The summed E-state index contributed by atoms with van der Waals surface area (Å²) in [5.41, 5.74) is -0.284. The highest BCUT2D eigenvalue weighted by Crippen LogP contribution is 2.30. The maximum absolute atomic E-state index is 12.3. The Hall–Kier alpha value is -4.18. The lowest BCUT2D eigenvalue weighted by atomic mass is 10.2. The van der Waals surface area contributed by atoms with Crippen LogP contribution in [0, 0.1) is 6.57 Å². The summed E-state index contributed by atoms with van der Waals surface area (Å²) in [6, 6.07) is 7.14. The molecule has 7 nitrogen and oxygen atoms in total. The second kappa shape index (κ2) is 10.4. The summed E-state index contributed by atoms with van der Waals surface area (Å²) in [6.45, 7) is 6.79. The maximum atomic E-state index is 12.3. The smallest absolute Gasteiger partial charge is 0.361 e. The third-order valence-electron chi connectivity index (χ3n) is 4.10. The average Bonchev–Trinajstić information content (AvgIpc) is 2.83. The first kappa shape index (κ1) is 25.4. The first-order valence-electron chi connectivity index (χ1n) is 9.21. The number of aromatic nitrogens is 6. The Morgan fingerprint density at radius 3 is 1.54 bits per heavy atom. The number of rotatable bonds is 2. The van der Waals surface area contributed by atoms with E-state index in [-0.39, 0.29) is 11.0 Å². The quantitative estimate of drug-likeness (QED) is 0.179. The first-order valence-corrected chi connectivity index (χ1v) is 9.59. The van der Waals surface area contributed by atoms with Gasteiger partial charge in [-0.05, 0) is 30.3 Å². The molecule has 35 heavy (non-hydrogen) atoms. The van der Waals surface area contributed by atoms with Gasteiger partial charge in [0.1, 0.15) is 22.9 Å². The molecular formula is C21H10ClF6N7. The van der Waals surface area contributed by atoms with Crippen LogP contribution in [0.25, 0.3) is 27.4 Å². The summed E-state index contributed by atoms with van der Waals surface area (Å²) in [5, 5.41) is 0.217. The highest BCUT2D eigenvalue weighted by atomic mass is 35.5. The maximum Gasteiger partial charge on any atom is 0.433 e. The number of hydrogen-bond donors (Lipinski definition) is 0. The number of halogens is 7. The molecule has 0 atom stereocenters. The van der Waals surface area contributed by atoms with Gasteiger partial charge in [-0.25, -0.2) is 15.0 Å². The molecule has 4 rings (SSSR count). The molecule has 0 saturated heterocycles. The lowest BCUT2D eigenvalue weighted by Gasteiger charge is -2.06. The highest BCUT2D eigenvalue weighted by Gasteiger charge is 2.32. The molecule has 4 aromatic rings. The zero-order valence-electron chi connectivity index (χ0n) is 17.0. The van der Waals surface area contributed by atoms with Crippen molar-refractivity contribution in [2.45, 2.75) is 12.4 Å². The molecule has 0 fully saturated rings. The van der Waals surface area contributed by atoms with Gasteiger partial charge in [-0.1, -0.05) is 18.2 Å². The van der Waals surface area contributed by atoms with E-state index in [2.05, 4.69) is 34.7 Å². The molecule has 4 aromatic heterocycles. The van der Waals surface area contributed by atoms with E-state index in [0.717, 1.165) is 24.5 Å². The Bertz CT molecular complexity index is 1330. The fourth-order valence-corrected chi connectivity index (χ4v) is 2.63. The van der Waals surface area contributed by atoms with E-state index in [4.69, 9.17) is 18.2 Å². The van der Waals surface area contributed by atoms with Gasteiger partial charge in [-0.2, -0.15) is 26.3 Å². The monoisotopic (exact) mass is 509 g/mol. The van der Waals surface area contributed by atoms with Crippen LogP contribution in [0.4, 0.5) is 32.2 Å². The lowest BCUT2D eigenvalue weighted by Crippen LogP contribution is -2.07. The molecule has 0 aliphatic rings. The Kier molecular flexibility index (Phi) is 7.55. The van der Waals surface area contributed by atoms with Crippen molar-refractivity contribution in [2.75, 3.05) is 0 Å². The second-order valence-electron chi connectivity index (χ2n) is 6.46. The van der Waals surface area contributed by atoms with Gasteiger partial charge >= 0.3 is 12.4 Å². The molecule has 14 heteroatoms. The predicted molar refractivity (Wildman–Crippen MR) is 112 cm³/mol. The van der Waals surface area contributed by atoms with Crippen molar-refractivity contribution >= 4 is 17.4 Å². The van der Waals surface area contributed by atoms with E-state index in [1.54, 1.807) is 0 Å². The van der Waals surface area contributed by atoms with Gasteiger partial charge < -0.3 is 4.85 Å². The molecule has 0 unspecified atom stereocenters. The van der Waals surface area contributed by atoms with Gasteiger partial charge in [0.15, 0.2) is 0 Å². The minimum atomic E-state index is -4.47. The Labute approximate surface area is 198 Å². The third-order valence-corrected chi connectivity index (χ3v) is 4.31. The van der Waals surface area contributed by atoms with E-state index in [1.807, 2.05) is 0 Å². The van der Waals surface area contributed by atoms with Crippen molar-refractivity contribution in [1.29, 1.82) is 0 Å². The summed E-state index contributed by atoms with van der Waals surface area (Å²) >= 11 is 5.65. The SMILES string of the molecule is FC(F)(F)c1ccc(-c2cc(Cl)ncn2)cn1.[C-]#[N+]c1cc(-c2ccc(C(F)(F)F)nc2)ncn1. The van der Waals surface area contributed by atoms with Crippen molar-refractivity contribution < 1.29 is 26.3 Å². The molecule has 178 valence electrons. The van der Waals surface area contributed by atoms with Crippen molar-refractivity contribution in [3.05, 3.63) is 89.4 Å². The fourth-order valence-electron chi connectivity index (χ4n) is 2.48. The van der Waals surface area contributed by atoms with Crippen LogP contribution in [-0.4, -0.2) is 29.9 Å². The highest BCUT2D eigenvalue weighted by molar-refractivity contribution is 6.29. The van der Waals surface area contributed by atoms with Crippen LogP contribution in [0.1, 0.15) is 11.4 Å². The molecule has 0 N–H and O–H groups in total. The number of alkyl halides is 6. The Morgan fingerprint density at radius 2 is 1.14 bits per heavy atom. The second-order valence-corrected chi connectivity index (χ2v) is 6.85. The first-order chi connectivity index (χ1) is 16.5. The van der Waals surface area contributed by atoms with Gasteiger partial charge in [0.25, 0.3) is 5.82 Å². The summed E-state index contributed by atoms with van der Waals surface area (Å²) in [7, 11) is 0. The molecule has 0 spiro atoms. The van der Waals surface area contributed by atoms with Crippen LogP contribution in [0.2, 0.25) is 5.15 Å². The number of nitrogens with zero attached hydrogens (tertiary/aromatic N) is 7. The van der Waals surface area contributed by atoms with Crippen LogP contribution < -0.4 is 0 Å². The molecule has 0 saturated carbocycles. The van der Waals surface area contributed by atoms with Crippen molar-refractivity contribution in [3.63, 3.8) is 0 Å². The standard InChI is InChI=1S/C11H5F3N4.C10H5ClF3N3/c1-15-10-4-8(17-6-18-10)7-2-3-9(16-5-7)11(12,13)14;11-9-3-7(16-5-17-9)6-1-2-8(15-4-6)10(12,13)14/h2-6H;1-5H. The predicted octanol–water partition coefficient (Wildman–Crippen LogP) is 6.32. The van der Waals surface area contributed by atoms with Gasteiger partial charge in [-0.15, -0.1) is 4.98 Å². The summed E-state index contributed by atoms with van der Waals surface area (Å²) in [6.07, 6.45) is -4.33. The summed E-state index contributed by atoms with van der Waals surface area (Å²) in [4.78, 5) is 24.9. The van der Waals surface area contributed by atoms with Gasteiger partial charge in [0.2, 0.25) is 6.33 Å². The largest absolute Gasteiger partial charge is 0.433 e. The summed E-state index contributed by atoms with van der Waals surface area (Å²) in [5.74, 6) is 0.125. The third kappa shape index (κ3) is 6.90. The van der Waals surface area contributed by atoms with Crippen LogP contribution >= 0.6 is 11.6 Å². The Balaban J connectivity index is 0.000000196. The topological polar surface area (TPSA) is 81.7 Å². The molecule has 0 bridgehead atoms. The fraction of sp³-hybridized carbons (Fsp3) is 0.0952. The van der Waals surface area contributed by atoms with Crippen LogP contribution in [0.5, 0.6) is 0 Å². The molecular weight excluding hydrogens is 500 g/mol. The van der Waals surface area contributed by atoms with E-state index in [9.17, 15) is 26.3 Å². The van der Waals surface area contributed by atoms with Crippen LogP contribution in [0.15, 0.2) is 61.4 Å². The van der Waals surface area contributed by atoms with Crippen molar-refractivity contribution in [3.8, 4) is 22.5 Å². The zero-order chi connectivity index (χ0) is 25.6. The molecule has 4 heterocycles. The Morgan fingerprint density at radius 1 is 0.657 bits per heavy atom. The molecule has 0 aromatic carbocycles. The van der Waals surface area contributed by atoms with Gasteiger partial charge in [0, 0.05) is 29.6 Å². The minimum Gasteiger partial charge on any atom is -0.361 e. The van der Waals surface area contributed by atoms with E-state index in [0.29, 0.717) is 22.5 Å². The summed E-state index contributed by atoms with van der Waals surface area (Å²) < 4.78 is 73.8. The van der Waals surface area contributed by atoms with Crippen LogP contribution in [0.3, 0.4) is 0 Å². The minimum absolute atomic E-state index is 0.125. The van der Waals surface area contributed by atoms with Gasteiger partial charge in [-0.3, -0.25) is 9.97 Å². The van der Waals surface area contributed by atoms with Crippen molar-refractivity contribution in [2.24, 2.45) is 0 Å². The van der Waals surface area contributed by atoms with Crippen LogP contribution in [-0.2, 0) is 12.4 Å². The molecule has 0 aliphatic heterocycles. The van der Waals surface area contributed by atoms with Gasteiger partial charge in [0.05, 0.1) is 11.4 Å². The molecule has 0 amide bonds. The van der Waals surface area contributed by atoms with Crippen molar-refractivity contribution in [1.82, 2.24) is 29.9 Å². The van der Waals surface area contributed by atoms with E-state index < -0.39 is 23.7 Å². The number of pyridine rings is 2. The normalized spacial score (nSPS) is 11.3. The lowest BCUT2D eigenvalue weighted by molar-refractivity contribution is -0.141. The molecule has 0 aliphatic carbocycles.